The second-order valence-electron chi connectivity index (χ2n) is 6.04. The number of benzene rings is 1. The van der Waals surface area contributed by atoms with Gasteiger partial charge in [0.25, 0.3) is 0 Å². The fraction of sp³-hybridized carbons (Fsp3) is 0.600. The molecule has 0 atom stereocenters. The number of hydrogen-bond donors (Lipinski definition) is 2. The van der Waals surface area contributed by atoms with E-state index >= 15 is 0 Å². The van der Waals surface area contributed by atoms with Crippen LogP contribution in [0.15, 0.2) is 24.3 Å². The molecule has 1 rings (SSSR count). The third kappa shape index (κ3) is 14.3. The van der Waals surface area contributed by atoms with Gasteiger partial charge >= 0.3 is 11.9 Å². The summed E-state index contributed by atoms with van der Waals surface area (Å²) in [6.07, 6.45) is 1.27. The normalized spacial score (nSPS) is 10.6. The molecule has 9 heteroatoms. The number of hydrogen-bond acceptors (Lipinski definition) is 8. The van der Waals surface area contributed by atoms with Gasteiger partial charge in [-0.2, -0.15) is 0 Å². The number of carbonyl (C=O) groups excluding carboxylic acids is 1. The number of carbonyl (C=O) groups is 2. The number of nitrogens with two attached hydrogens (primary N) is 1. The average Bonchev–Trinajstić information content (AvgIpc) is 2.70. The molecule has 3 N–H and O–H groups in total. The summed E-state index contributed by atoms with van der Waals surface area (Å²) in [5, 5.41) is 8.49. The Morgan fingerprint density at radius 1 is 0.793 bits per heavy atom. The minimum atomic E-state index is -0.858. The molecule has 1 aromatic rings. The van der Waals surface area contributed by atoms with Gasteiger partial charge in [0.2, 0.25) is 0 Å². The number of nitrogen functional groups attached to an aromatic ring is 1. The van der Waals surface area contributed by atoms with Crippen LogP contribution in [0.25, 0.3) is 0 Å². The summed E-state index contributed by atoms with van der Waals surface area (Å²) >= 11 is 0. The molecule has 0 fully saturated rings. The topological polar surface area (TPSA) is 127 Å². The summed E-state index contributed by atoms with van der Waals surface area (Å²) in [5.74, 6) is -0.553. The molecule has 0 unspecified atom stereocenters. The quantitative estimate of drug-likeness (QED) is 0.211. The number of anilines is 1. The number of carboxylic acids is 1. The highest BCUT2D eigenvalue weighted by atomic mass is 16.6. The Hall–Kier alpha value is -2.36. The van der Waals surface area contributed by atoms with Gasteiger partial charge in [-0.15, -0.1) is 0 Å². The summed E-state index contributed by atoms with van der Waals surface area (Å²) in [5.41, 5.74) is 6.37. The highest BCUT2D eigenvalue weighted by Crippen LogP contribution is 2.19. The van der Waals surface area contributed by atoms with E-state index in [2.05, 4.69) is 0 Å². The van der Waals surface area contributed by atoms with Crippen LogP contribution in [0.3, 0.4) is 0 Å². The standard InChI is InChI=1S/C20H31NO8/c21-17-5-1-2-6-18(17)28-15-13-26-11-9-25-10-12-27-14-16-29-20(24)8-4-3-7-19(22)23/h1-2,5-6H,3-4,7-16,21H2,(H,22,23). The van der Waals surface area contributed by atoms with Crippen molar-refractivity contribution in [2.75, 3.05) is 58.6 Å². The van der Waals surface area contributed by atoms with Crippen LogP contribution in [0.1, 0.15) is 25.7 Å². The number of unbranched alkanes of at least 4 members (excludes halogenated alkanes) is 1. The maximum Gasteiger partial charge on any atom is 0.305 e. The van der Waals surface area contributed by atoms with E-state index in [0.717, 1.165) is 0 Å². The van der Waals surface area contributed by atoms with Gasteiger partial charge in [0.15, 0.2) is 0 Å². The zero-order valence-electron chi connectivity index (χ0n) is 16.7. The third-order valence-corrected chi connectivity index (χ3v) is 3.66. The van der Waals surface area contributed by atoms with E-state index in [-0.39, 0.29) is 25.4 Å². The first-order valence-corrected chi connectivity index (χ1v) is 9.67. The Morgan fingerprint density at radius 3 is 1.97 bits per heavy atom. The van der Waals surface area contributed by atoms with Gasteiger partial charge < -0.3 is 34.5 Å². The summed E-state index contributed by atoms with van der Waals surface area (Å²) in [4.78, 5) is 21.7. The van der Waals surface area contributed by atoms with Crippen molar-refractivity contribution in [1.82, 2.24) is 0 Å². The van der Waals surface area contributed by atoms with Crippen LogP contribution < -0.4 is 10.5 Å². The highest BCUT2D eigenvalue weighted by molar-refractivity contribution is 5.69. The van der Waals surface area contributed by atoms with E-state index in [1.165, 1.54) is 0 Å². The molecule has 9 nitrogen and oxygen atoms in total. The lowest BCUT2D eigenvalue weighted by atomic mass is 10.2. The summed E-state index contributed by atoms with van der Waals surface area (Å²) in [6.45, 7) is 3.03. The molecular formula is C20H31NO8. The highest BCUT2D eigenvalue weighted by Gasteiger charge is 2.04. The molecule has 0 saturated carbocycles. The number of aliphatic carboxylic acids is 1. The van der Waals surface area contributed by atoms with Gasteiger partial charge in [-0.3, -0.25) is 9.59 Å². The van der Waals surface area contributed by atoms with Gasteiger partial charge in [-0.25, -0.2) is 0 Å². The lowest BCUT2D eigenvalue weighted by molar-refractivity contribution is -0.146. The lowest BCUT2D eigenvalue weighted by Crippen LogP contribution is -2.15. The van der Waals surface area contributed by atoms with Crippen LogP contribution in [0.4, 0.5) is 5.69 Å². The number of para-hydroxylation sites is 2. The number of rotatable bonds is 18. The summed E-state index contributed by atoms with van der Waals surface area (Å²) < 4.78 is 26.5. The molecule has 0 radical (unpaired) electrons. The molecule has 1 aromatic carbocycles. The van der Waals surface area contributed by atoms with Crippen molar-refractivity contribution in [3.05, 3.63) is 24.3 Å². The zero-order chi connectivity index (χ0) is 21.2. The smallest absolute Gasteiger partial charge is 0.305 e. The molecule has 0 saturated heterocycles. The van der Waals surface area contributed by atoms with Crippen LogP contribution in [-0.4, -0.2) is 69.9 Å². The van der Waals surface area contributed by atoms with Crippen LogP contribution in [-0.2, 0) is 28.5 Å². The van der Waals surface area contributed by atoms with Crippen molar-refractivity contribution in [3.63, 3.8) is 0 Å². The number of esters is 1. The first-order valence-electron chi connectivity index (χ1n) is 9.67. The van der Waals surface area contributed by atoms with Crippen LogP contribution >= 0.6 is 0 Å². The molecule has 0 spiro atoms. The largest absolute Gasteiger partial charge is 0.489 e. The van der Waals surface area contributed by atoms with E-state index < -0.39 is 5.97 Å². The molecule has 164 valence electrons. The van der Waals surface area contributed by atoms with Gasteiger partial charge in [0, 0.05) is 12.8 Å². The molecule has 0 aromatic heterocycles. The third-order valence-electron chi connectivity index (χ3n) is 3.66. The second kappa shape index (κ2) is 16.6. The first kappa shape index (κ1) is 24.7. The maximum atomic E-state index is 11.4. The first-order chi connectivity index (χ1) is 14.1. The predicted molar refractivity (Wildman–Crippen MR) is 106 cm³/mol. The van der Waals surface area contributed by atoms with E-state index in [9.17, 15) is 9.59 Å². The Bertz CT molecular complexity index is 581. The molecule has 0 aliphatic heterocycles. The van der Waals surface area contributed by atoms with Crippen molar-refractivity contribution in [3.8, 4) is 5.75 Å². The maximum absolute atomic E-state index is 11.4. The monoisotopic (exact) mass is 413 g/mol. The molecule has 0 bridgehead atoms. The van der Waals surface area contributed by atoms with Gasteiger partial charge in [-0.05, 0) is 25.0 Å². The van der Waals surface area contributed by atoms with Crippen molar-refractivity contribution in [1.29, 1.82) is 0 Å². The molecule has 0 amide bonds. The number of carboxylic acid groups (broad SMARTS) is 1. The average molecular weight is 413 g/mol. The molecule has 29 heavy (non-hydrogen) atoms. The van der Waals surface area contributed by atoms with E-state index in [1.807, 2.05) is 18.2 Å². The van der Waals surface area contributed by atoms with Crippen molar-refractivity contribution in [2.24, 2.45) is 0 Å². The Balaban J connectivity index is 1.79. The minimum Gasteiger partial charge on any atom is -0.489 e. The Labute approximate surface area is 171 Å². The van der Waals surface area contributed by atoms with Crippen LogP contribution in [0.5, 0.6) is 5.75 Å². The molecule has 0 aliphatic carbocycles. The van der Waals surface area contributed by atoms with Gasteiger partial charge in [-0.1, -0.05) is 12.1 Å². The minimum absolute atomic E-state index is 0.0675. The van der Waals surface area contributed by atoms with Crippen LogP contribution in [0.2, 0.25) is 0 Å². The number of ether oxygens (including phenoxy) is 5. The second-order valence-corrected chi connectivity index (χ2v) is 6.04. The Kier molecular flexibility index (Phi) is 14.1. The summed E-state index contributed by atoms with van der Waals surface area (Å²) in [6, 6.07) is 7.29. The van der Waals surface area contributed by atoms with Crippen molar-refractivity contribution in [2.45, 2.75) is 25.7 Å². The van der Waals surface area contributed by atoms with Gasteiger partial charge in [0.05, 0.1) is 45.3 Å². The van der Waals surface area contributed by atoms with Crippen molar-refractivity contribution < 1.29 is 38.4 Å². The zero-order valence-corrected chi connectivity index (χ0v) is 16.7. The molecule has 0 aliphatic rings. The van der Waals surface area contributed by atoms with Gasteiger partial charge in [0.1, 0.15) is 19.0 Å². The van der Waals surface area contributed by atoms with Crippen molar-refractivity contribution >= 4 is 17.6 Å². The molecular weight excluding hydrogens is 382 g/mol. The molecule has 0 heterocycles. The SMILES string of the molecule is Nc1ccccc1OCCOCCOCCOCCOC(=O)CCCCC(=O)O. The Morgan fingerprint density at radius 2 is 1.34 bits per heavy atom. The van der Waals surface area contributed by atoms with E-state index in [4.69, 9.17) is 34.5 Å². The van der Waals surface area contributed by atoms with E-state index in [0.29, 0.717) is 70.5 Å². The fourth-order valence-electron chi connectivity index (χ4n) is 2.20. The fourth-order valence-corrected chi connectivity index (χ4v) is 2.20. The lowest BCUT2D eigenvalue weighted by Gasteiger charge is -2.09. The summed E-state index contributed by atoms with van der Waals surface area (Å²) in [7, 11) is 0. The predicted octanol–water partition coefficient (Wildman–Crippen LogP) is 1.89. The van der Waals surface area contributed by atoms with Crippen LogP contribution in [0, 0.1) is 0 Å². The van der Waals surface area contributed by atoms with E-state index in [1.54, 1.807) is 6.07 Å².